The predicted molar refractivity (Wildman–Crippen MR) is 76.3 cm³/mol. The Balaban J connectivity index is 2.23. The summed E-state index contributed by atoms with van der Waals surface area (Å²) >= 11 is 0. The van der Waals surface area contributed by atoms with E-state index in [4.69, 9.17) is 0 Å². The van der Waals surface area contributed by atoms with Crippen molar-refractivity contribution >= 4 is 17.3 Å². The normalized spacial score (nSPS) is 10.7. The lowest BCUT2D eigenvalue weighted by molar-refractivity contribution is -0.385. The van der Waals surface area contributed by atoms with Crippen LogP contribution >= 0.6 is 0 Å². The van der Waals surface area contributed by atoms with Crippen LogP contribution in [0.4, 0.5) is 11.4 Å². The highest BCUT2D eigenvalue weighted by atomic mass is 16.6. The van der Waals surface area contributed by atoms with Gasteiger partial charge in [0.15, 0.2) is 0 Å². The average Bonchev–Trinajstić information content (AvgIpc) is 2.90. The fourth-order valence-electron chi connectivity index (χ4n) is 1.77. The van der Waals surface area contributed by atoms with Crippen LogP contribution in [0.25, 0.3) is 0 Å². The molecule has 1 aromatic carbocycles. The number of nitro benzene ring substituents is 1. The highest BCUT2D eigenvalue weighted by molar-refractivity contribution is 6.02. The first-order chi connectivity index (χ1) is 9.90. The van der Waals surface area contributed by atoms with Gasteiger partial charge in [-0.05, 0) is 13.0 Å². The Morgan fingerprint density at radius 1 is 1.43 bits per heavy atom. The van der Waals surface area contributed by atoms with Crippen molar-refractivity contribution < 1.29 is 9.72 Å². The Hall–Kier alpha value is -2.77. The van der Waals surface area contributed by atoms with Gasteiger partial charge in [-0.2, -0.15) is 0 Å². The second-order valence-corrected chi connectivity index (χ2v) is 4.86. The van der Waals surface area contributed by atoms with E-state index in [1.165, 1.54) is 12.1 Å². The molecule has 0 bridgehead atoms. The molecule has 0 spiro atoms. The second kappa shape index (κ2) is 5.70. The molecule has 2 aromatic rings. The van der Waals surface area contributed by atoms with Gasteiger partial charge in [0.1, 0.15) is 5.82 Å². The molecular weight excluding hydrogens is 274 g/mol. The third-order valence-electron chi connectivity index (χ3n) is 3.00. The van der Waals surface area contributed by atoms with Crippen LogP contribution in [0.2, 0.25) is 0 Å². The summed E-state index contributed by atoms with van der Waals surface area (Å²) in [5.41, 5.74) is 0.700. The molecule has 110 valence electrons. The van der Waals surface area contributed by atoms with E-state index in [9.17, 15) is 14.9 Å². The van der Waals surface area contributed by atoms with E-state index in [1.54, 1.807) is 13.0 Å². The van der Waals surface area contributed by atoms with E-state index in [0.717, 1.165) is 0 Å². The second-order valence-electron chi connectivity index (χ2n) is 4.86. The summed E-state index contributed by atoms with van der Waals surface area (Å²) in [7, 11) is 0. The van der Waals surface area contributed by atoms with Crippen LogP contribution in [0.5, 0.6) is 0 Å². The smallest absolute Gasteiger partial charge is 0.295 e. The zero-order valence-corrected chi connectivity index (χ0v) is 11.9. The van der Waals surface area contributed by atoms with E-state index in [2.05, 4.69) is 20.5 Å². The number of hydrogen-bond donors (Lipinski definition) is 2. The number of nitrogens with zero attached hydrogens (tertiary/aromatic N) is 3. The highest BCUT2D eigenvalue weighted by Crippen LogP contribution is 2.25. The number of amides is 1. The minimum absolute atomic E-state index is 0.00426. The molecule has 0 atom stereocenters. The Bertz CT molecular complexity index is 693. The molecule has 0 aliphatic rings. The predicted octanol–water partition coefficient (Wildman–Crippen LogP) is 2.40. The molecular formula is C13H15N5O3. The molecule has 0 saturated heterocycles. The molecule has 0 saturated carbocycles. The molecule has 1 amide bonds. The minimum Gasteiger partial charge on any atom is -0.319 e. The largest absolute Gasteiger partial charge is 0.319 e. The third kappa shape index (κ3) is 3.04. The lowest BCUT2D eigenvalue weighted by Crippen LogP contribution is -2.15. The van der Waals surface area contributed by atoms with E-state index in [-0.39, 0.29) is 17.4 Å². The molecule has 0 radical (unpaired) electrons. The summed E-state index contributed by atoms with van der Waals surface area (Å²) in [6.07, 6.45) is 0. The summed E-state index contributed by atoms with van der Waals surface area (Å²) < 4.78 is 0. The quantitative estimate of drug-likeness (QED) is 0.662. The first-order valence-corrected chi connectivity index (χ1v) is 6.37. The van der Waals surface area contributed by atoms with Crippen LogP contribution in [0.15, 0.2) is 18.2 Å². The van der Waals surface area contributed by atoms with E-state index in [0.29, 0.717) is 17.1 Å². The minimum atomic E-state index is -0.512. The number of carbonyl (C=O) groups is 1. The molecule has 1 heterocycles. The zero-order chi connectivity index (χ0) is 15.6. The van der Waals surface area contributed by atoms with Crippen LogP contribution in [-0.2, 0) is 0 Å². The van der Waals surface area contributed by atoms with Crippen molar-refractivity contribution in [1.29, 1.82) is 0 Å². The summed E-state index contributed by atoms with van der Waals surface area (Å²) in [6, 6.07) is 4.49. The number of H-pyrrole nitrogens is 1. The van der Waals surface area contributed by atoms with Crippen molar-refractivity contribution in [2.45, 2.75) is 26.7 Å². The Morgan fingerprint density at radius 2 is 2.14 bits per heavy atom. The molecule has 8 nitrogen and oxygen atoms in total. The monoisotopic (exact) mass is 289 g/mol. The highest BCUT2D eigenvalue weighted by Gasteiger charge is 2.18. The first-order valence-electron chi connectivity index (χ1n) is 6.37. The van der Waals surface area contributed by atoms with E-state index >= 15 is 0 Å². The zero-order valence-electron chi connectivity index (χ0n) is 11.9. The number of nitro groups is 1. The SMILES string of the molecule is Cc1c(NC(=O)c2n[nH]c(C(C)C)n2)cccc1[N+](=O)[O-]. The molecule has 0 fully saturated rings. The van der Waals surface area contributed by atoms with Crippen LogP contribution in [0.3, 0.4) is 0 Å². The average molecular weight is 289 g/mol. The molecule has 0 aliphatic carbocycles. The molecule has 0 aliphatic heterocycles. The van der Waals surface area contributed by atoms with Gasteiger partial charge in [0, 0.05) is 12.0 Å². The molecule has 21 heavy (non-hydrogen) atoms. The van der Waals surface area contributed by atoms with Gasteiger partial charge >= 0.3 is 0 Å². The first kappa shape index (κ1) is 14.6. The summed E-state index contributed by atoms with van der Waals surface area (Å²) in [5, 5.41) is 20.0. The standard InChI is InChI=1S/C13H15N5O3/c1-7(2)11-15-12(17-16-11)13(19)14-9-5-4-6-10(8(9)3)18(20)21/h4-7H,1-3H3,(H,14,19)(H,15,16,17). The topological polar surface area (TPSA) is 114 Å². The summed E-state index contributed by atoms with van der Waals surface area (Å²) in [4.78, 5) is 26.5. The fraction of sp³-hybridized carbons (Fsp3) is 0.308. The number of aromatic amines is 1. The Labute approximate surface area is 120 Å². The van der Waals surface area contributed by atoms with Crippen molar-refractivity contribution in [3.05, 3.63) is 45.5 Å². The third-order valence-corrected chi connectivity index (χ3v) is 3.00. The van der Waals surface area contributed by atoms with Crippen molar-refractivity contribution in [3.8, 4) is 0 Å². The van der Waals surface area contributed by atoms with Crippen molar-refractivity contribution in [2.24, 2.45) is 0 Å². The lowest BCUT2D eigenvalue weighted by atomic mass is 10.1. The maximum Gasteiger partial charge on any atom is 0.295 e. The van der Waals surface area contributed by atoms with E-state index in [1.807, 2.05) is 13.8 Å². The molecule has 8 heteroatoms. The van der Waals surface area contributed by atoms with Crippen LogP contribution in [-0.4, -0.2) is 26.0 Å². The summed E-state index contributed by atoms with van der Waals surface area (Å²) in [5.74, 6) is 0.223. The lowest BCUT2D eigenvalue weighted by Gasteiger charge is -2.06. The van der Waals surface area contributed by atoms with Gasteiger partial charge in [0.25, 0.3) is 11.6 Å². The molecule has 2 rings (SSSR count). The maximum atomic E-state index is 12.1. The van der Waals surface area contributed by atoms with Gasteiger partial charge in [-0.3, -0.25) is 20.0 Å². The maximum absolute atomic E-state index is 12.1. The number of benzene rings is 1. The Morgan fingerprint density at radius 3 is 2.71 bits per heavy atom. The van der Waals surface area contributed by atoms with Crippen LogP contribution < -0.4 is 5.32 Å². The fourth-order valence-corrected chi connectivity index (χ4v) is 1.77. The van der Waals surface area contributed by atoms with Gasteiger partial charge in [-0.15, -0.1) is 5.10 Å². The van der Waals surface area contributed by atoms with E-state index < -0.39 is 10.8 Å². The van der Waals surface area contributed by atoms with Crippen molar-refractivity contribution in [2.75, 3.05) is 5.32 Å². The molecule has 2 N–H and O–H groups in total. The van der Waals surface area contributed by atoms with Gasteiger partial charge in [-0.25, -0.2) is 4.98 Å². The number of anilines is 1. The van der Waals surface area contributed by atoms with Gasteiger partial charge in [0.2, 0.25) is 5.82 Å². The molecule has 1 aromatic heterocycles. The number of rotatable bonds is 4. The van der Waals surface area contributed by atoms with Crippen molar-refractivity contribution in [1.82, 2.24) is 15.2 Å². The molecule has 0 unspecified atom stereocenters. The van der Waals surface area contributed by atoms with Crippen LogP contribution in [0, 0.1) is 17.0 Å². The number of aromatic nitrogens is 3. The number of carbonyl (C=O) groups excluding carboxylic acids is 1. The van der Waals surface area contributed by atoms with Gasteiger partial charge in [0.05, 0.1) is 16.2 Å². The number of hydrogen-bond acceptors (Lipinski definition) is 5. The summed E-state index contributed by atoms with van der Waals surface area (Å²) in [6.45, 7) is 5.42. The number of nitrogens with one attached hydrogen (secondary N) is 2. The Kier molecular flexibility index (Phi) is 3.97. The van der Waals surface area contributed by atoms with Crippen LogP contribution in [0.1, 0.15) is 41.8 Å². The van der Waals surface area contributed by atoms with Gasteiger partial charge in [-0.1, -0.05) is 19.9 Å². The van der Waals surface area contributed by atoms with Gasteiger partial charge < -0.3 is 5.32 Å². The van der Waals surface area contributed by atoms with Crippen molar-refractivity contribution in [3.63, 3.8) is 0 Å².